The maximum atomic E-state index is 11.7. The zero-order valence-corrected chi connectivity index (χ0v) is 16.9. The van der Waals surface area contributed by atoms with Crippen LogP contribution in [0.4, 0.5) is 0 Å². The number of aromatic nitrogens is 2. The van der Waals surface area contributed by atoms with Crippen LogP contribution >= 0.6 is 23.3 Å². The number of esters is 2. The first kappa shape index (κ1) is 19.1. The molecule has 0 radical (unpaired) electrons. The zero-order valence-electron chi connectivity index (χ0n) is 15.4. The third-order valence-corrected chi connectivity index (χ3v) is 5.87. The van der Waals surface area contributed by atoms with Gasteiger partial charge in [-0.3, -0.25) is 0 Å². The summed E-state index contributed by atoms with van der Waals surface area (Å²) in [6.45, 7) is 1.30. The number of hydrogen-bond acceptors (Lipinski definition) is 10. The quantitative estimate of drug-likeness (QED) is 0.391. The number of hydrogen-bond donors (Lipinski definition) is 0. The standard InChI is InChI=1S/C19H14ClN3O6S/c20-13-5-3-11(4-6-13)2-1-9-26-15-16(22-30-21-15)27-14-12-7-8-23(10-12)19(14)28-17(24)18(25)29-19/h3-6,12,14H,7-10H2. The molecule has 30 heavy (non-hydrogen) atoms. The fourth-order valence-electron chi connectivity index (χ4n) is 3.81. The Morgan fingerprint density at radius 3 is 2.70 bits per heavy atom. The van der Waals surface area contributed by atoms with Crippen LogP contribution in [-0.4, -0.2) is 57.3 Å². The van der Waals surface area contributed by atoms with Gasteiger partial charge in [0.15, 0.2) is 12.7 Å². The molecule has 5 rings (SSSR count). The Kier molecular flexibility index (Phi) is 4.73. The van der Waals surface area contributed by atoms with Crippen LogP contribution in [0.25, 0.3) is 0 Å². The number of benzene rings is 1. The molecule has 0 saturated carbocycles. The molecule has 9 nitrogen and oxygen atoms in total. The minimum absolute atomic E-state index is 0.0166. The van der Waals surface area contributed by atoms with Gasteiger partial charge in [-0.05, 0) is 30.7 Å². The fraction of sp³-hybridized carbons (Fsp3) is 0.368. The van der Waals surface area contributed by atoms with Crippen LogP contribution in [-0.2, 0) is 19.1 Å². The Bertz CT molecular complexity index is 1050. The first-order chi connectivity index (χ1) is 14.5. The van der Waals surface area contributed by atoms with Crippen molar-refractivity contribution in [3.05, 3.63) is 34.9 Å². The molecule has 3 atom stereocenters. The lowest BCUT2D eigenvalue weighted by atomic mass is 9.99. The molecule has 0 amide bonds. The molecule has 2 aromatic rings. The van der Waals surface area contributed by atoms with Crippen molar-refractivity contribution in [2.24, 2.45) is 5.92 Å². The SMILES string of the molecule is O=C1OC2(OC1=O)C(Oc1nsnc1OCC#Cc1ccc(Cl)cc1)C1CCN2C1. The maximum Gasteiger partial charge on any atom is 0.422 e. The van der Waals surface area contributed by atoms with Gasteiger partial charge in [0.25, 0.3) is 11.8 Å². The molecule has 3 saturated heterocycles. The molecular weight excluding hydrogens is 434 g/mol. The minimum atomic E-state index is -1.55. The molecule has 11 heteroatoms. The van der Waals surface area contributed by atoms with E-state index in [1.54, 1.807) is 17.0 Å². The summed E-state index contributed by atoms with van der Waals surface area (Å²) in [5.74, 6) is 2.58. The maximum absolute atomic E-state index is 11.7. The minimum Gasteiger partial charge on any atom is -0.460 e. The van der Waals surface area contributed by atoms with Crippen LogP contribution in [0.3, 0.4) is 0 Å². The van der Waals surface area contributed by atoms with E-state index >= 15 is 0 Å². The molecule has 3 aliphatic rings. The van der Waals surface area contributed by atoms with Gasteiger partial charge in [0.1, 0.15) is 0 Å². The van der Waals surface area contributed by atoms with E-state index < -0.39 is 24.0 Å². The van der Waals surface area contributed by atoms with Crippen molar-refractivity contribution in [3.63, 3.8) is 0 Å². The number of rotatable bonds is 4. The predicted octanol–water partition coefficient (Wildman–Crippen LogP) is 1.46. The molecular formula is C19H14ClN3O6S. The van der Waals surface area contributed by atoms with Crippen molar-refractivity contribution in [1.82, 2.24) is 13.6 Å². The van der Waals surface area contributed by atoms with E-state index in [-0.39, 0.29) is 24.3 Å². The predicted molar refractivity (Wildman–Crippen MR) is 103 cm³/mol. The van der Waals surface area contributed by atoms with Gasteiger partial charge in [-0.15, -0.1) is 8.75 Å². The summed E-state index contributed by atoms with van der Waals surface area (Å²) < 4.78 is 30.4. The zero-order chi connectivity index (χ0) is 20.7. The number of piperidine rings is 1. The van der Waals surface area contributed by atoms with E-state index in [9.17, 15) is 9.59 Å². The Balaban J connectivity index is 1.28. The normalized spacial score (nSPS) is 25.6. The van der Waals surface area contributed by atoms with Crippen LogP contribution < -0.4 is 9.47 Å². The van der Waals surface area contributed by atoms with Crippen LogP contribution in [0.15, 0.2) is 24.3 Å². The van der Waals surface area contributed by atoms with Crippen molar-refractivity contribution in [2.75, 3.05) is 19.7 Å². The largest absolute Gasteiger partial charge is 0.460 e. The van der Waals surface area contributed by atoms with Gasteiger partial charge in [0, 0.05) is 29.6 Å². The number of carbonyl (C=O) groups is 2. The van der Waals surface area contributed by atoms with Gasteiger partial charge in [-0.1, -0.05) is 23.4 Å². The van der Waals surface area contributed by atoms with Crippen molar-refractivity contribution < 1.29 is 28.5 Å². The number of ether oxygens (including phenoxy) is 4. The molecule has 3 aliphatic heterocycles. The van der Waals surface area contributed by atoms with E-state index in [1.807, 2.05) is 12.1 Å². The average molecular weight is 448 g/mol. The van der Waals surface area contributed by atoms with Crippen molar-refractivity contribution in [2.45, 2.75) is 18.4 Å². The number of halogens is 1. The smallest absolute Gasteiger partial charge is 0.422 e. The highest BCUT2D eigenvalue weighted by Gasteiger charge is 2.69. The molecule has 1 aromatic carbocycles. The van der Waals surface area contributed by atoms with Crippen molar-refractivity contribution in [3.8, 4) is 23.6 Å². The van der Waals surface area contributed by atoms with Gasteiger partial charge >= 0.3 is 17.8 Å². The summed E-state index contributed by atoms with van der Waals surface area (Å²) in [6, 6.07) is 7.13. The Hall–Kier alpha value is -2.87. The lowest BCUT2D eigenvalue weighted by molar-refractivity contribution is -0.273. The van der Waals surface area contributed by atoms with Crippen molar-refractivity contribution in [1.29, 1.82) is 0 Å². The molecule has 3 fully saturated rings. The van der Waals surface area contributed by atoms with E-state index in [2.05, 4.69) is 20.6 Å². The summed E-state index contributed by atoms with van der Waals surface area (Å²) in [5.41, 5.74) is 0.804. The van der Waals surface area contributed by atoms with Crippen LogP contribution in [0, 0.1) is 17.8 Å². The second-order valence-corrected chi connectivity index (χ2v) is 7.88. The van der Waals surface area contributed by atoms with Crippen LogP contribution in [0.2, 0.25) is 5.02 Å². The average Bonchev–Trinajstić information content (AvgIpc) is 3.49. The highest BCUT2D eigenvalue weighted by molar-refractivity contribution is 6.99. The first-order valence-corrected chi connectivity index (χ1v) is 10.2. The third-order valence-electron chi connectivity index (χ3n) is 5.12. The van der Waals surface area contributed by atoms with Crippen LogP contribution in [0.1, 0.15) is 12.0 Å². The Labute approximate surface area is 180 Å². The highest BCUT2D eigenvalue weighted by Crippen LogP contribution is 2.47. The number of fused-ring (bicyclic) bond motifs is 3. The Morgan fingerprint density at radius 1 is 1.20 bits per heavy atom. The first-order valence-electron chi connectivity index (χ1n) is 9.13. The lowest BCUT2D eigenvalue weighted by Crippen LogP contribution is -2.57. The third kappa shape index (κ3) is 3.25. The summed E-state index contributed by atoms with van der Waals surface area (Å²) >= 11 is 6.77. The van der Waals surface area contributed by atoms with E-state index in [1.165, 1.54) is 0 Å². The van der Waals surface area contributed by atoms with Gasteiger partial charge in [0.05, 0.1) is 11.7 Å². The molecule has 154 valence electrons. The summed E-state index contributed by atoms with van der Waals surface area (Å²) in [4.78, 5) is 25.2. The molecule has 4 heterocycles. The topological polar surface area (TPSA) is 100 Å². The summed E-state index contributed by atoms with van der Waals surface area (Å²) in [7, 11) is 0. The summed E-state index contributed by atoms with van der Waals surface area (Å²) in [6.07, 6.45) is 0.107. The van der Waals surface area contributed by atoms with Gasteiger partial charge in [-0.2, -0.15) is 0 Å². The monoisotopic (exact) mass is 447 g/mol. The molecule has 0 aliphatic carbocycles. The molecule has 1 spiro atoms. The Morgan fingerprint density at radius 2 is 1.93 bits per heavy atom. The molecule has 3 unspecified atom stereocenters. The van der Waals surface area contributed by atoms with Gasteiger partial charge in [-0.25, -0.2) is 14.5 Å². The highest BCUT2D eigenvalue weighted by atomic mass is 35.5. The molecule has 0 N–H and O–H groups in total. The number of nitrogens with zero attached hydrogens (tertiary/aromatic N) is 3. The van der Waals surface area contributed by atoms with Gasteiger partial charge in [0.2, 0.25) is 0 Å². The van der Waals surface area contributed by atoms with Crippen LogP contribution in [0.5, 0.6) is 11.8 Å². The number of carbonyl (C=O) groups excluding carboxylic acids is 2. The van der Waals surface area contributed by atoms with E-state index in [0.29, 0.717) is 18.1 Å². The van der Waals surface area contributed by atoms with E-state index in [4.69, 9.17) is 30.5 Å². The van der Waals surface area contributed by atoms with Gasteiger partial charge < -0.3 is 18.9 Å². The molecule has 1 aromatic heterocycles. The second-order valence-electron chi connectivity index (χ2n) is 6.91. The lowest BCUT2D eigenvalue weighted by Gasteiger charge is -2.36. The van der Waals surface area contributed by atoms with Crippen molar-refractivity contribution >= 4 is 35.3 Å². The second kappa shape index (κ2) is 7.43. The summed E-state index contributed by atoms with van der Waals surface area (Å²) in [5, 5.41) is 0.639. The van der Waals surface area contributed by atoms with E-state index in [0.717, 1.165) is 23.7 Å². The molecule has 2 bridgehead atoms. The fourth-order valence-corrected chi connectivity index (χ4v) is 4.38.